The molecule has 2 heterocycles. The molecule has 0 atom stereocenters. The van der Waals surface area contributed by atoms with Crippen LogP contribution >= 0.6 is 36.2 Å². The fraction of sp³-hybridized carbons (Fsp3) is 0.308. The lowest BCUT2D eigenvalue weighted by Gasteiger charge is -2.02. The van der Waals surface area contributed by atoms with Crippen molar-refractivity contribution < 1.29 is 4.79 Å². The number of thiazole rings is 1. The number of carbonyl (C=O) groups is 1. The van der Waals surface area contributed by atoms with Crippen molar-refractivity contribution in [1.82, 2.24) is 20.6 Å². The van der Waals surface area contributed by atoms with Crippen molar-refractivity contribution in [3.05, 3.63) is 35.6 Å². The van der Waals surface area contributed by atoms with Gasteiger partial charge in [-0.3, -0.25) is 9.78 Å². The van der Waals surface area contributed by atoms with Gasteiger partial charge in [-0.15, -0.1) is 36.2 Å². The summed E-state index contributed by atoms with van der Waals surface area (Å²) in [6.07, 6.45) is 5.97. The molecule has 0 spiro atoms. The second kappa shape index (κ2) is 10.5. The molecule has 2 aromatic rings. The smallest absolute Gasteiger partial charge is 0.263 e. The van der Waals surface area contributed by atoms with Crippen molar-refractivity contribution in [2.75, 3.05) is 20.1 Å². The van der Waals surface area contributed by atoms with E-state index in [9.17, 15) is 4.79 Å². The first-order valence-electron chi connectivity index (χ1n) is 6.10. The zero-order valence-corrected chi connectivity index (χ0v) is 14.0. The topological polar surface area (TPSA) is 66.9 Å². The molecule has 116 valence electrons. The number of carbonyl (C=O) groups excluding carboxylic acids is 1. The Morgan fingerprint density at radius 1 is 1.24 bits per heavy atom. The van der Waals surface area contributed by atoms with Crippen molar-refractivity contribution in [3.8, 4) is 10.6 Å². The lowest BCUT2D eigenvalue weighted by atomic mass is 10.3. The molecule has 0 unspecified atom stereocenters. The highest BCUT2D eigenvalue weighted by Gasteiger charge is 2.10. The number of pyridine rings is 1. The zero-order chi connectivity index (χ0) is 13.5. The fourth-order valence-electron chi connectivity index (χ4n) is 1.56. The normalized spacial score (nSPS) is 9.38. The van der Waals surface area contributed by atoms with Crippen molar-refractivity contribution in [3.63, 3.8) is 0 Å². The third-order valence-electron chi connectivity index (χ3n) is 2.55. The van der Waals surface area contributed by atoms with Gasteiger partial charge in [0.05, 0.1) is 6.20 Å². The minimum absolute atomic E-state index is 0. The molecule has 2 aromatic heterocycles. The van der Waals surface area contributed by atoms with Crippen LogP contribution < -0.4 is 10.6 Å². The SMILES string of the molecule is CNCCCNC(=O)c1cnc(-c2ccncc2)s1.Cl.Cl. The Morgan fingerprint density at radius 2 is 1.95 bits per heavy atom. The Labute approximate surface area is 140 Å². The van der Waals surface area contributed by atoms with E-state index in [1.165, 1.54) is 11.3 Å². The summed E-state index contributed by atoms with van der Waals surface area (Å²) < 4.78 is 0. The van der Waals surface area contributed by atoms with E-state index in [0.29, 0.717) is 11.4 Å². The Hall–Kier alpha value is -1.21. The molecule has 0 radical (unpaired) electrons. The zero-order valence-electron chi connectivity index (χ0n) is 11.5. The van der Waals surface area contributed by atoms with Crippen LogP contribution in [-0.2, 0) is 0 Å². The van der Waals surface area contributed by atoms with Gasteiger partial charge >= 0.3 is 0 Å². The van der Waals surface area contributed by atoms with Crippen LogP contribution in [0.1, 0.15) is 16.1 Å². The summed E-state index contributed by atoms with van der Waals surface area (Å²) in [5, 5.41) is 6.75. The van der Waals surface area contributed by atoms with Crippen LogP contribution in [0.25, 0.3) is 10.6 Å². The Balaban J connectivity index is 0.00000200. The van der Waals surface area contributed by atoms with Crippen LogP contribution in [0.3, 0.4) is 0 Å². The Morgan fingerprint density at radius 3 is 2.62 bits per heavy atom. The van der Waals surface area contributed by atoms with Crippen molar-refractivity contribution >= 4 is 42.1 Å². The van der Waals surface area contributed by atoms with E-state index >= 15 is 0 Å². The minimum atomic E-state index is -0.0612. The summed E-state index contributed by atoms with van der Waals surface area (Å²) in [4.78, 5) is 20.7. The molecule has 5 nitrogen and oxygen atoms in total. The maximum Gasteiger partial charge on any atom is 0.263 e. The average molecular weight is 349 g/mol. The number of aromatic nitrogens is 2. The number of rotatable bonds is 6. The van der Waals surface area contributed by atoms with Gasteiger partial charge in [0.25, 0.3) is 5.91 Å². The van der Waals surface area contributed by atoms with Gasteiger partial charge in [0.2, 0.25) is 0 Å². The number of nitrogens with one attached hydrogen (secondary N) is 2. The van der Waals surface area contributed by atoms with E-state index in [1.54, 1.807) is 18.6 Å². The second-order valence-electron chi connectivity index (χ2n) is 3.98. The molecular formula is C13H18Cl2N4OS. The van der Waals surface area contributed by atoms with E-state index in [2.05, 4.69) is 20.6 Å². The highest BCUT2D eigenvalue weighted by atomic mass is 35.5. The highest BCUT2D eigenvalue weighted by Crippen LogP contribution is 2.24. The summed E-state index contributed by atoms with van der Waals surface area (Å²) >= 11 is 1.39. The molecule has 0 aromatic carbocycles. The van der Waals surface area contributed by atoms with Gasteiger partial charge in [-0.1, -0.05) is 0 Å². The Kier molecular flexibility index (Phi) is 9.90. The largest absolute Gasteiger partial charge is 0.351 e. The number of halogens is 2. The van der Waals surface area contributed by atoms with E-state index in [0.717, 1.165) is 23.5 Å². The molecule has 0 saturated carbocycles. The molecule has 0 aliphatic rings. The van der Waals surface area contributed by atoms with Gasteiger partial charge < -0.3 is 10.6 Å². The lowest BCUT2D eigenvalue weighted by molar-refractivity contribution is 0.0957. The summed E-state index contributed by atoms with van der Waals surface area (Å²) in [5.41, 5.74) is 0.981. The van der Waals surface area contributed by atoms with Crippen molar-refractivity contribution in [2.24, 2.45) is 0 Å². The van der Waals surface area contributed by atoms with Gasteiger partial charge in [-0.25, -0.2) is 4.98 Å². The van der Waals surface area contributed by atoms with Crippen LogP contribution in [0.4, 0.5) is 0 Å². The van der Waals surface area contributed by atoms with E-state index in [1.807, 2.05) is 19.2 Å². The molecule has 0 aliphatic carbocycles. The highest BCUT2D eigenvalue weighted by molar-refractivity contribution is 7.16. The molecule has 2 N–H and O–H groups in total. The summed E-state index contributed by atoms with van der Waals surface area (Å²) in [6.45, 7) is 1.56. The van der Waals surface area contributed by atoms with Crippen LogP contribution in [0.2, 0.25) is 0 Å². The summed E-state index contributed by atoms with van der Waals surface area (Å²) in [7, 11) is 1.89. The van der Waals surface area contributed by atoms with Gasteiger partial charge in [0, 0.05) is 24.5 Å². The molecule has 1 amide bonds. The maximum atomic E-state index is 11.9. The van der Waals surface area contributed by atoms with Gasteiger partial charge in [-0.05, 0) is 32.1 Å². The number of amides is 1. The Bertz CT molecular complexity index is 536. The van der Waals surface area contributed by atoms with Crippen molar-refractivity contribution in [2.45, 2.75) is 6.42 Å². The van der Waals surface area contributed by atoms with Gasteiger partial charge in [0.1, 0.15) is 9.88 Å². The quantitative estimate of drug-likeness (QED) is 0.786. The molecule has 0 bridgehead atoms. The summed E-state index contributed by atoms with van der Waals surface area (Å²) in [5.74, 6) is -0.0612. The molecular weight excluding hydrogens is 331 g/mol. The molecule has 21 heavy (non-hydrogen) atoms. The molecule has 8 heteroatoms. The van der Waals surface area contributed by atoms with Crippen LogP contribution in [0, 0.1) is 0 Å². The van der Waals surface area contributed by atoms with Gasteiger partial charge in [-0.2, -0.15) is 0 Å². The van der Waals surface area contributed by atoms with E-state index < -0.39 is 0 Å². The molecule has 0 saturated heterocycles. The number of nitrogens with zero attached hydrogens (tertiary/aromatic N) is 2. The van der Waals surface area contributed by atoms with E-state index in [4.69, 9.17) is 0 Å². The first kappa shape index (κ1) is 19.8. The third kappa shape index (κ3) is 5.97. The van der Waals surface area contributed by atoms with Crippen LogP contribution in [-0.4, -0.2) is 36.0 Å². The minimum Gasteiger partial charge on any atom is -0.351 e. The first-order valence-corrected chi connectivity index (χ1v) is 6.92. The van der Waals surface area contributed by atoms with E-state index in [-0.39, 0.29) is 30.7 Å². The number of hydrogen-bond donors (Lipinski definition) is 2. The maximum absolute atomic E-state index is 11.9. The van der Waals surface area contributed by atoms with Crippen molar-refractivity contribution in [1.29, 1.82) is 0 Å². The van der Waals surface area contributed by atoms with Crippen LogP contribution in [0.5, 0.6) is 0 Å². The van der Waals surface area contributed by atoms with Crippen LogP contribution in [0.15, 0.2) is 30.7 Å². The van der Waals surface area contributed by atoms with Gasteiger partial charge in [0.15, 0.2) is 0 Å². The standard InChI is InChI=1S/C13H16N4OS.2ClH/c1-14-5-2-6-16-12(18)11-9-17-13(19-11)10-3-7-15-8-4-10;;/h3-4,7-9,14H,2,5-6H2,1H3,(H,16,18);2*1H. The predicted octanol–water partition coefficient (Wildman–Crippen LogP) is 2.39. The molecule has 2 rings (SSSR count). The summed E-state index contributed by atoms with van der Waals surface area (Å²) in [6, 6.07) is 3.76. The number of hydrogen-bond acceptors (Lipinski definition) is 5. The third-order valence-corrected chi connectivity index (χ3v) is 3.59. The lowest BCUT2D eigenvalue weighted by Crippen LogP contribution is -2.25. The predicted molar refractivity (Wildman–Crippen MR) is 90.7 cm³/mol. The molecule has 0 aliphatic heterocycles. The molecule has 0 fully saturated rings. The monoisotopic (exact) mass is 348 g/mol. The first-order chi connectivity index (χ1) is 9.31. The fourth-order valence-corrected chi connectivity index (χ4v) is 2.40. The second-order valence-corrected chi connectivity index (χ2v) is 5.01. The average Bonchev–Trinajstić information content (AvgIpc) is 2.94.